The van der Waals surface area contributed by atoms with Gasteiger partial charge in [0.1, 0.15) is 5.82 Å². The lowest BCUT2D eigenvalue weighted by atomic mass is 9.99. The molecule has 2 unspecified atom stereocenters. The fraction of sp³-hybridized carbons (Fsp3) is 0.571. The number of alkyl halides is 2. The van der Waals surface area contributed by atoms with E-state index in [0.29, 0.717) is 18.6 Å². The van der Waals surface area contributed by atoms with Crippen molar-refractivity contribution in [3.05, 3.63) is 30.1 Å². The second kappa shape index (κ2) is 6.83. The minimum absolute atomic E-state index is 0.0102. The minimum atomic E-state index is -2.51. The highest BCUT2D eigenvalue weighted by Gasteiger charge is 2.39. The Hall–Kier alpha value is -0.720. The number of benzene rings is 1. The van der Waals surface area contributed by atoms with Crippen molar-refractivity contribution >= 4 is 11.8 Å². The van der Waals surface area contributed by atoms with Gasteiger partial charge in [-0.2, -0.15) is 0 Å². The highest BCUT2D eigenvalue weighted by atomic mass is 32.2. The zero-order valence-corrected chi connectivity index (χ0v) is 11.9. The van der Waals surface area contributed by atoms with Gasteiger partial charge in [-0.3, -0.25) is 11.3 Å². The molecule has 1 fully saturated rings. The first-order valence-electron chi connectivity index (χ1n) is 6.71. The third-order valence-corrected chi connectivity index (χ3v) is 4.80. The molecule has 0 heterocycles. The molecule has 1 aliphatic rings. The van der Waals surface area contributed by atoms with Crippen molar-refractivity contribution in [3.8, 4) is 0 Å². The van der Waals surface area contributed by atoms with Gasteiger partial charge in [-0.15, -0.1) is 11.8 Å². The maximum absolute atomic E-state index is 13.1. The van der Waals surface area contributed by atoms with E-state index in [0.717, 1.165) is 4.90 Å². The normalized spacial score (nSPS) is 22.9. The Morgan fingerprint density at radius 3 is 2.60 bits per heavy atom. The molecule has 1 aliphatic carbocycles. The molecule has 0 aliphatic heterocycles. The van der Waals surface area contributed by atoms with Crippen LogP contribution in [0, 0.1) is 11.7 Å². The molecular formula is C14H19F3N2S. The van der Waals surface area contributed by atoms with E-state index in [1.807, 2.05) is 0 Å². The van der Waals surface area contributed by atoms with Gasteiger partial charge in [0.2, 0.25) is 5.92 Å². The van der Waals surface area contributed by atoms with Crippen molar-refractivity contribution in [2.24, 2.45) is 11.8 Å². The summed E-state index contributed by atoms with van der Waals surface area (Å²) in [6, 6.07) is 6.22. The molecule has 112 valence electrons. The molecule has 1 aromatic rings. The Kier molecular flexibility index (Phi) is 5.35. The van der Waals surface area contributed by atoms with Gasteiger partial charge < -0.3 is 0 Å². The quantitative estimate of drug-likeness (QED) is 0.479. The summed E-state index contributed by atoms with van der Waals surface area (Å²) < 4.78 is 39.1. The molecule has 0 radical (unpaired) electrons. The lowest BCUT2D eigenvalue weighted by Crippen LogP contribution is -2.38. The van der Waals surface area contributed by atoms with E-state index in [9.17, 15) is 13.2 Å². The Bertz CT molecular complexity index is 425. The second-order valence-electron chi connectivity index (χ2n) is 5.33. The van der Waals surface area contributed by atoms with Crippen LogP contribution in [0.25, 0.3) is 0 Å². The average molecular weight is 304 g/mol. The number of nitrogens with one attached hydrogen (secondary N) is 1. The molecule has 20 heavy (non-hydrogen) atoms. The summed E-state index contributed by atoms with van der Waals surface area (Å²) in [4.78, 5) is 0.948. The van der Waals surface area contributed by atoms with Crippen LogP contribution in [0.5, 0.6) is 0 Å². The van der Waals surface area contributed by atoms with Crippen LogP contribution in [-0.2, 0) is 0 Å². The largest absolute Gasteiger partial charge is 0.271 e. The molecule has 2 rings (SSSR count). The molecule has 0 amide bonds. The summed E-state index contributed by atoms with van der Waals surface area (Å²) in [6.45, 7) is 0. The molecule has 6 heteroatoms. The summed E-state index contributed by atoms with van der Waals surface area (Å²) in [5, 5.41) is 0. The highest BCUT2D eigenvalue weighted by Crippen LogP contribution is 2.41. The topological polar surface area (TPSA) is 38.0 Å². The van der Waals surface area contributed by atoms with Crippen molar-refractivity contribution < 1.29 is 13.2 Å². The Balaban J connectivity index is 1.79. The van der Waals surface area contributed by atoms with E-state index in [1.165, 1.54) is 12.1 Å². The van der Waals surface area contributed by atoms with Crippen LogP contribution in [0.1, 0.15) is 25.7 Å². The van der Waals surface area contributed by atoms with Gasteiger partial charge in [-0.25, -0.2) is 13.2 Å². The van der Waals surface area contributed by atoms with Crippen molar-refractivity contribution in [1.29, 1.82) is 0 Å². The van der Waals surface area contributed by atoms with Crippen molar-refractivity contribution in [1.82, 2.24) is 5.43 Å². The Labute approximate surface area is 121 Å². The Morgan fingerprint density at radius 2 is 2.05 bits per heavy atom. The van der Waals surface area contributed by atoms with Crippen LogP contribution in [0.2, 0.25) is 0 Å². The van der Waals surface area contributed by atoms with Gasteiger partial charge in [0.15, 0.2) is 0 Å². The minimum Gasteiger partial charge on any atom is -0.271 e. The SMILES string of the molecule is NNC(CSc1ccc(F)cc1)CC1CCC(F)(F)C1. The average Bonchev–Trinajstić information content (AvgIpc) is 2.75. The number of rotatable bonds is 6. The number of hydrogen-bond donors (Lipinski definition) is 2. The molecule has 2 atom stereocenters. The number of nitrogens with two attached hydrogens (primary N) is 1. The third-order valence-electron chi connectivity index (χ3n) is 3.62. The fourth-order valence-electron chi connectivity index (χ4n) is 2.56. The number of halogens is 3. The first-order chi connectivity index (χ1) is 9.48. The van der Waals surface area contributed by atoms with Crippen LogP contribution in [0.15, 0.2) is 29.2 Å². The van der Waals surface area contributed by atoms with E-state index >= 15 is 0 Å². The summed E-state index contributed by atoms with van der Waals surface area (Å²) in [5.41, 5.74) is 2.70. The molecule has 3 N–H and O–H groups in total. The predicted molar refractivity (Wildman–Crippen MR) is 75.1 cm³/mol. The first kappa shape index (κ1) is 15.7. The molecule has 1 saturated carbocycles. The zero-order chi connectivity index (χ0) is 14.6. The maximum Gasteiger partial charge on any atom is 0.248 e. The smallest absolute Gasteiger partial charge is 0.248 e. The van der Waals surface area contributed by atoms with Gasteiger partial charge in [-0.05, 0) is 43.0 Å². The molecular weight excluding hydrogens is 285 g/mol. The zero-order valence-electron chi connectivity index (χ0n) is 11.1. The van der Waals surface area contributed by atoms with Crippen molar-refractivity contribution in [3.63, 3.8) is 0 Å². The number of hydrazine groups is 1. The highest BCUT2D eigenvalue weighted by molar-refractivity contribution is 7.99. The lowest BCUT2D eigenvalue weighted by Gasteiger charge is -2.19. The summed E-state index contributed by atoms with van der Waals surface area (Å²) in [6.07, 6.45) is 1.17. The monoisotopic (exact) mass is 304 g/mol. The van der Waals surface area contributed by atoms with Crippen LogP contribution in [0.4, 0.5) is 13.2 Å². The second-order valence-corrected chi connectivity index (χ2v) is 6.42. The van der Waals surface area contributed by atoms with Crippen molar-refractivity contribution in [2.75, 3.05) is 5.75 Å². The van der Waals surface area contributed by atoms with Crippen molar-refractivity contribution in [2.45, 2.75) is 42.5 Å². The van der Waals surface area contributed by atoms with Gasteiger partial charge in [0, 0.05) is 29.5 Å². The molecule has 1 aromatic carbocycles. The molecule has 0 bridgehead atoms. The summed E-state index contributed by atoms with van der Waals surface area (Å²) >= 11 is 1.55. The van der Waals surface area contributed by atoms with E-state index in [-0.39, 0.29) is 30.6 Å². The fourth-order valence-corrected chi connectivity index (χ4v) is 3.51. The van der Waals surface area contributed by atoms with Crippen LogP contribution in [-0.4, -0.2) is 17.7 Å². The number of hydrogen-bond acceptors (Lipinski definition) is 3. The predicted octanol–water partition coefficient (Wildman–Crippen LogP) is 3.58. The van der Waals surface area contributed by atoms with E-state index < -0.39 is 5.92 Å². The first-order valence-corrected chi connectivity index (χ1v) is 7.69. The standard InChI is InChI=1S/C14H19F3N2S/c15-11-1-3-13(4-2-11)20-9-12(19-18)7-10-5-6-14(16,17)8-10/h1-4,10,12,19H,5-9,18H2. The van der Waals surface area contributed by atoms with Gasteiger partial charge in [0.25, 0.3) is 0 Å². The summed E-state index contributed by atoms with van der Waals surface area (Å²) in [7, 11) is 0. The molecule has 0 aromatic heterocycles. The molecule has 2 nitrogen and oxygen atoms in total. The van der Waals surface area contributed by atoms with E-state index in [4.69, 9.17) is 5.84 Å². The number of thioether (sulfide) groups is 1. The maximum atomic E-state index is 13.1. The van der Waals surface area contributed by atoms with Gasteiger partial charge in [-0.1, -0.05) is 0 Å². The summed E-state index contributed by atoms with van der Waals surface area (Å²) in [5.74, 6) is 3.43. The van der Waals surface area contributed by atoms with Gasteiger partial charge >= 0.3 is 0 Å². The van der Waals surface area contributed by atoms with Crippen LogP contribution in [0.3, 0.4) is 0 Å². The van der Waals surface area contributed by atoms with Gasteiger partial charge in [0.05, 0.1) is 0 Å². The third kappa shape index (κ3) is 4.68. The lowest BCUT2D eigenvalue weighted by molar-refractivity contribution is 0.00442. The van der Waals surface area contributed by atoms with E-state index in [1.54, 1.807) is 23.9 Å². The molecule has 0 spiro atoms. The molecule has 0 saturated heterocycles. The van der Waals surface area contributed by atoms with E-state index in [2.05, 4.69) is 5.43 Å². The van der Waals surface area contributed by atoms with Crippen LogP contribution >= 0.6 is 11.8 Å². The Morgan fingerprint density at radius 1 is 1.35 bits per heavy atom. The van der Waals surface area contributed by atoms with Crippen LogP contribution < -0.4 is 11.3 Å².